The molecular formula is C19H22N2O4S. The van der Waals surface area contributed by atoms with Gasteiger partial charge in [0.25, 0.3) is 5.91 Å². The summed E-state index contributed by atoms with van der Waals surface area (Å²) in [6.07, 6.45) is 1.08. The number of benzene rings is 2. The first-order valence-corrected chi connectivity index (χ1v) is 9.90. The minimum absolute atomic E-state index is 0.0663. The van der Waals surface area contributed by atoms with Crippen molar-refractivity contribution in [3.8, 4) is 0 Å². The molecule has 2 rings (SSSR count). The van der Waals surface area contributed by atoms with E-state index in [1.54, 1.807) is 0 Å². The summed E-state index contributed by atoms with van der Waals surface area (Å²) in [7, 11) is -1.91. The van der Waals surface area contributed by atoms with E-state index in [1.165, 1.54) is 36.2 Å². The van der Waals surface area contributed by atoms with Gasteiger partial charge in [0.1, 0.15) is 0 Å². The summed E-state index contributed by atoms with van der Waals surface area (Å²) in [4.78, 5) is 26.0. The quantitative estimate of drug-likeness (QED) is 0.871. The molecule has 2 aromatic carbocycles. The topological polar surface area (TPSA) is 83.6 Å². The molecular weight excluding hydrogens is 352 g/mol. The molecule has 0 heterocycles. The minimum atomic E-state index is -3.41. The summed E-state index contributed by atoms with van der Waals surface area (Å²) >= 11 is 0. The van der Waals surface area contributed by atoms with Gasteiger partial charge < -0.3 is 10.2 Å². The van der Waals surface area contributed by atoms with E-state index in [0.29, 0.717) is 5.69 Å². The van der Waals surface area contributed by atoms with Crippen LogP contribution in [0.5, 0.6) is 0 Å². The first-order valence-electron chi connectivity index (χ1n) is 8.00. The van der Waals surface area contributed by atoms with Crippen LogP contribution in [0.2, 0.25) is 0 Å². The van der Waals surface area contributed by atoms with E-state index < -0.39 is 15.7 Å². The Hall–Kier alpha value is -2.67. The van der Waals surface area contributed by atoms with Gasteiger partial charge in [-0.2, -0.15) is 0 Å². The zero-order valence-electron chi connectivity index (χ0n) is 15.2. The number of carbonyl (C=O) groups is 2. The van der Waals surface area contributed by atoms with Gasteiger partial charge in [0.15, 0.2) is 9.84 Å². The van der Waals surface area contributed by atoms with Crippen LogP contribution in [0, 0.1) is 13.8 Å². The van der Waals surface area contributed by atoms with Crippen molar-refractivity contribution in [2.24, 2.45) is 0 Å². The third-order valence-corrected chi connectivity index (χ3v) is 5.01. The van der Waals surface area contributed by atoms with Crippen LogP contribution >= 0.6 is 0 Å². The highest BCUT2D eigenvalue weighted by molar-refractivity contribution is 7.90. The van der Waals surface area contributed by atoms with Crippen LogP contribution in [0.4, 0.5) is 5.69 Å². The van der Waals surface area contributed by atoms with Crippen molar-refractivity contribution in [2.45, 2.75) is 18.7 Å². The van der Waals surface area contributed by atoms with Crippen molar-refractivity contribution in [3.05, 3.63) is 59.2 Å². The molecule has 2 amide bonds. The van der Waals surface area contributed by atoms with Crippen molar-refractivity contribution in [1.82, 2.24) is 4.90 Å². The van der Waals surface area contributed by atoms with Crippen molar-refractivity contribution < 1.29 is 18.0 Å². The highest BCUT2D eigenvalue weighted by Crippen LogP contribution is 2.17. The Morgan fingerprint density at radius 2 is 1.77 bits per heavy atom. The van der Waals surface area contributed by atoms with Crippen molar-refractivity contribution in [2.75, 3.05) is 25.2 Å². The Morgan fingerprint density at radius 1 is 1.08 bits per heavy atom. The van der Waals surface area contributed by atoms with Crippen LogP contribution < -0.4 is 5.32 Å². The van der Waals surface area contributed by atoms with Crippen LogP contribution in [0.25, 0.3) is 0 Å². The number of carbonyl (C=O) groups excluding carboxylic acids is 2. The molecule has 0 radical (unpaired) electrons. The number of anilines is 1. The van der Waals surface area contributed by atoms with E-state index in [2.05, 4.69) is 5.32 Å². The number of aryl methyl sites for hydroxylation is 2. The molecule has 0 aliphatic heterocycles. The molecule has 0 fully saturated rings. The highest BCUT2D eigenvalue weighted by Gasteiger charge is 2.17. The largest absolute Gasteiger partial charge is 0.332 e. The van der Waals surface area contributed by atoms with Crippen molar-refractivity contribution >= 4 is 27.3 Å². The van der Waals surface area contributed by atoms with Gasteiger partial charge in [0.05, 0.1) is 11.4 Å². The van der Waals surface area contributed by atoms with Crippen LogP contribution in [0.1, 0.15) is 21.5 Å². The second-order valence-electron chi connectivity index (χ2n) is 6.33. The molecule has 0 atom stereocenters. The molecule has 0 unspecified atom stereocenters. The maximum atomic E-state index is 12.5. The highest BCUT2D eigenvalue weighted by atomic mass is 32.2. The summed E-state index contributed by atoms with van der Waals surface area (Å²) in [6, 6.07) is 11.5. The first-order chi connectivity index (χ1) is 12.1. The molecule has 0 saturated heterocycles. The molecule has 26 heavy (non-hydrogen) atoms. The monoisotopic (exact) mass is 374 g/mol. The predicted octanol–water partition coefficient (Wildman–Crippen LogP) is 2.42. The summed E-state index contributed by atoms with van der Waals surface area (Å²) in [5, 5.41) is 2.80. The van der Waals surface area contributed by atoms with E-state index in [1.807, 2.05) is 32.0 Å². The van der Waals surface area contributed by atoms with Crippen LogP contribution in [-0.4, -0.2) is 45.0 Å². The SMILES string of the molecule is Cc1ccc(C)c(NC(=O)CN(C)C(=O)c2cccc(S(C)(=O)=O)c2)c1. The van der Waals surface area contributed by atoms with Crippen LogP contribution in [-0.2, 0) is 14.6 Å². The molecule has 6 nitrogen and oxygen atoms in total. The third-order valence-electron chi connectivity index (χ3n) is 3.90. The second kappa shape index (κ2) is 7.70. The number of nitrogens with zero attached hydrogens (tertiary/aromatic N) is 1. The average Bonchev–Trinajstić information content (AvgIpc) is 2.56. The van der Waals surface area contributed by atoms with E-state index in [4.69, 9.17) is 0 Å². The van der Waals surface area contributed by atoms with Gasteiger partial charge in [-0.15, -0.1) is 0 Å². The lowest BCUT2D eigenvalue weighted by Crippen LogP contribution is -2.35. The lowest BCUT2D eigenvalue weighted by Gasteiger charge is -2.18. The Labute approximate surface area is 153 Å². The van der Waals surface area contributed by atoms with Gasteiger partial charge in [-0.05, 0) is 49.2 Å². The standard InChI is InChI=1S/C19H22N2O4S/c1-13-8-9-14(2)17(10-13)20-18(22)12-21(3)19(23)15-6-5-7-16(11-15)26(4,24)25/h5-11H,12H2,1-4H3,(H,20,22). The maximum Gasteiger partial charge on any atom is 0.254 e. The smallest absolute Gasteiger partial charge is 0.254 e. The third kappa shape index (κ3) is 4.92. The molecule has 0 saturated carbocycles. The molecule has 0 aliphatic carbocycles. The Kier molecular flexibility index (Phi) is 5.82. The predicted molar refractivity (Wildman–Crippen MR) is 101 cm³/mol. The summed E-state index contributed by atoms with van der Waals surface area (Å²) < 4.78 is 23.3. The number of hydrogen-bond donors (Lipinski definition) is 1. The van der Waals surface area contributed by atoms with Crippen molar-refractivity contribution in [3.63, 3.8) is 0 Å². The Balaban J connectivity index is 2.09. The number of rotatable bonds is 5. The first kappa shape index (κ1) is 19.7. The van der Waals surface area contributed by atoms with Crippen LogP contribution in [0.3, 0.4) is 0 Å². The molecule has 138 valence electrons. The fourth-order valence-corrected chi connectivity index (χ4v) is 3.09. The molecule has 0 aliphatic rings. The molecule has 0 bridgehead atoms. The molecule has 7 heteroatoms. The van der Waals surface area contributed by atoms with Gasteiger partial charge in [-0.3, -0.25) is 9.59 Å². The van der Waals surface area contributed by atoms with E-state index in [0.717, 1.165) is 17.4 Å². The van der Waals surface area contributed by atoms with E-state index in [-0.39, 0.29) is 22.9 Å². The fraction of sp³-hybridized carbons (Fsp3) is 0.263. The number of hydrogen-bond acceptors (Lipinski definition) is 4. The van der Waals surface area contributed by atoms with Gasteiger partial charge in [0, 0.05) is 24.6 Å². The molecule has 2 aromatic rings. The van der Waals surface area contributed by atoms with Crippen LogP contribution in [0.15, 0.2) is 47.4 Å². The number of likely N-dealkylation sites (N-methyl/N-ethyl adjacent to an activating group) is 1. The fourth-order valence-electron chi connectivity index (χ4n) is 2.43. The normalized spacial score (nSPS) is 11.1. The Morgan fingerprint density at radius 3 is 2.42 bits per heavy atom. The summed E-state index contributed by atoms with van der Waals surface area (Å²) in [5.41, 5.74) is 2.87. The lowest BCUT2D eigenvalue weighted by atomic mass is 10.1. The number of amides is 2. The van der Waals surface area contributed by atoms with Gasteiger partial charge in [-0.1, -0.05) is 18.2 Å². The van der Waals surface area contributed by atoms with Gasteiger partial charge >= 0.3 is 0 Å². The van der Waals surface area contributed by atoms with E-state index >= 15 is 0 Å². The zero-order chi connectivity index (χ0) is 19.5. The second-order valence-corrected chi connectivity index (χ2v) is 8.34. The molecule has 0 spiro atoms. The Bertz CT molecular complexity index is 952. The summed E-state index contributed by atoms with van der Waals surface area (Å²) in [6.45, 7) is 3.68. The summed E-state index contributed by atoms with van der Waals surface area (Å²) in [5.74, 6) is -0.750. The van der Waals surface area contributed by atoms with Gasteiger partial charge in [-0.25, -0.2) is 8.42 Å². The number of sulfone groups is 1. The molecule has 1 N–H and O–H groups in total. The minimum Gasteiger partial charge on any atom is -0.332 e. The van der Waals surface area contributed by atoms with E-state index in [9.17, 15) is 18.0 Å². The van der Waals surface area contributed by atoms with Gasteiger partial charge in [0.2, 0.25) is 5.91 Å². The average molecular weight is 374 g/mol. The van der Waals surface area contributed by atoms with Crippen molar-refractivity contribution in [1.29, 1.82) is 0 Å². The number of nitrogens with one attached hydrogen (secondary N) is 1. The lowest BCUT2D eigenvalue weighted by molar-refractivity contribution is -0.116. The molecule has 0 aromatic heterocycles. The maximum absolute atomic E-state index is 12.5. The zero-order valence-corrected chi connectivity index (χ0v) is 16.1.